The molecule has 0 aromatic carbocycles. The van der Waals surface area contributed by atoms with Crippen molar-refractivity contribution < 1.29 is 8.42 Å². The van der Waals surface area contributed by atoms with Crippen LogP contribution < -0.4 is 0 Å². The van der Waals surface area contributed by atoms with E-state index in [0.717, 1.165) is 31.0 Å². The summed E-state index contributed by atoms with van der Waals surface area (Å²) < 4.78 is 25.4. The van der Waals surface area contributed by atoms with Crippen molar-refractivity contribution in [2.75, 3.05) is 17.6 Å². The Morgan fingerprint density at radius 3 is 2.79 bits per heavy atom. The lowest BCUT2D eigenvalue weighted by atomic mass is 10.3. The Labute approximate surface area is 95.0 Å². The molecule has 1 saturated heterocycles. The highest BCUT2D eigenvalue weighted by Crippen LogP contribution is 2.23. The Balaban J connectivity index is 2.61. The largest absolute Gasteiger partial charge is 0.214 e. The zero-order valence-electron chi connectivity index (χ0n) is 8.58. The number of hydrogen-bond acceptors (Lipinski definition) is 2. The predicted molar refractivity (Wildman–Crippen MR) is 62.2 cm³/mol. The van der Waals surface area contributed by atoms with Crippen molar-refractivity contribution in [2.45, 2.75) is 38.6 Å². The summed E-state index contributed by atoms with van der Waals surface area (Å²) in [5.74, 6) is 0.312. The number of halogens is 1. The van der Waals surface area contributed by atoms with Crippen LogP contribution in [-0.2, 0) is 10.0 Å². The average Bonchev–Trinajstić information content (AvgIpc) is 2.63. The van der Waals surface area contributed by atoms with E-state index in [2.05, 4.69) is 15.9 Å². The van der Waals surface area contributed by atoms with Crippen molar-refractivity contribution in [2.24, 2.45) is 0 Å². The van der Waals surface area contributed by atoms with Crippen LogP contribution in [0.1, 0.15) is 32.6 Å². The number of hydrogen-bond donors (Lipinski definition) is 0. The summed E-state index contributed by atoms with van der Waals surface area (Å²) in [5.41, 5.74) is 0. The molecular weight excluding hydrogens is 266 g/mol. The van der Waals surface area contributed by atoms with Gasteiger partial charge in [-0.1, -0.05) is 29.3 Å². The minimum atomic E-state index is -2.98. The summed E-state index contributed by atoms with van der Waals surface area (Å²) in [6.07, 6.45) is 3.71. The van der Waals surface area contributed by atoms with Gasteiger partial charge in [-0.25, -0.2) is 8.42 Å². The molecule has 0 aliphatic carbocycles. The first-order valence-corrected chi connectivity index (χ1v) is 7.90. The maximum Gasteiger partial charge on any atom is 0.214 e. The minimum Gasteiger partial charge on any atom is -0.212 e. The van der Waals surface area contributed by atoms with Crippen molar-refractivity contribution in [3.63, 3.8) is 0 Å². The smallest absolute Gasteiger partial charge is 0.212 e. The Bertz CT molecular complexity index is 266. The summed E-state index contributed by atoms with van der Waals surface area (Å²) in [5, 5.41) is 0.762. The highest BCUT2D eigenvalue weighted by Gasteiger charge is 2.32. The Kier molecular flexibility index (Phi) is 4.87. The molecule has 0 radical (unpaired) electrons. The molecule has 14 heavy (non-hydrogen) atoms. The van der Waals surface area contributed by atoms with E-state index < -0.39 is 10.0 Å². The second kappa shape index (κ2) is 5.47. The van der Waals surface area contributed by atoms with Crippen LogP contribution in [0, 0.1) is 0 Å². The van der Waals surface area contributed by atoms with Gasteiger partial charge in [-0.3, -0.25) is 0 Å². The van der Waals surface area contributed by atoms with E-state index in [1.807, 2.05) is 6.92 Å². The van der Waals surface area contributed by atoms with Crippen LogP contribution in [0.2, 0.25) is 0 Å². The first kappa shape index (κ1) is 12.5. The highest BCUT2D eigenvalue weighted by molar-refractivity contribution is 9.09. The van der Waals surface area contributed by atoms with Crippen LogP contribution in [0.4, 0.5) is 0 Å². The van der Waals surface area contributed by atoms with E-state index in [9.17, 15) is 8.42 Å². The van der Waals surface area contributed by atoms with Crippen LogP contribution in [0.3, 0.4) is 0 Å². The van der Waals surface area contributed by atoms with E-state index in [0.29, 0.717) is 12.3 Å². The maximum absolute atomic E-state index is 11.9. The molecule has 0 bridgehead atoms. The minimum absolute atomic E-state index is 0.192. The molecular formula is C9H18BrNO2S. The number of nitrogens with zero attached hydrogens (tertiary/aromatic N) is 1. The second-order valence-electron chi connectivity index (χ2n) is 3.73. The third-order valence-corrected chi connectivity index (χ3v) is 5.36. The highest BCUT2D eigenvalue weighted by atomic mass is 79.9. The zero-order chi connectivity index (χ0) is 10.6. The van der Waals surface area contributed by atoms with Crippen molar-refractivity contribution in [1.82, 2.24) is 4.31 Å². The van der Waals surface area contributed by atoms with Gasteiger partial charge >= 0.3 is 0 Å². The molecule has 5 heteroatoms. The molecule has 0 N–H and O–H groups in total. The van der Waals surface area contributed by atoms with Crippen LogP contribution in [0.25, 0.3) is 0 Å². The second-order valence-corrected chi connectivity index (χ2v) is 6.42. The van der Waals surface area contributed by atoms with E-state index in [4.69, 9.17) is 0 Å². The standard InChI is InChI=1S/C9H18BrNO2S/c1-2-3-7-14(12,13)11-6-4-5-9(11)8-10/h9H,2-8H2,1H3/t9-/m0/s1. The third-order valence-electron chi connectivity index (χ3n) is 2.61. The molecule has 1 aliphatic rings. The normalized spacial score (nSPS) is 24.3. The molecule has 1 atom stereocenters. The quantitative estimate of drug-likeness (QED) is 0.724. The molecule has 0 aromatic rings. The van der Waals surface area contributed by atoms with Crippen molar-refractivity contribution in [1.29, 1.82) is 0 Å². The fourth-order valence-electron chi connectivity index (χ4n) is 1.77. The van der Waals surface area contributed by atoms with Crippen molar-refractivity contribution >= 4 is 26.0 Å². The van der Waals surface area contributed by atoms with Gasteiger partial charge in [0.1, 0.15) is 0 Å². The molecule has 0 unspecified atom stereocenters. The van der Waals surface area contributed by atoms with E-state index in [1.165, 1.54) is 0 Å². The molecule has 0 saturated carbocycles. The van der Waals surface area contributed by atoms with Crippen LogP contribution in [0.5, 0.6) is 0 Å². The average molecular weight is 284 g/mol. The lowest BCUT2D eigenvalue weighted by Gasteiger charge is -2.22. The van der Waals surface area contributed by atoms with Gasteiger partial charge in [-0.15, -0.1) is 0 Å². The fraction of sp³-hybridized carbons (Fsp3) is 1.00. The van der Waals surface area contributed by atoms with E-state index in [1.54, 1.807) is 4.31 Å². The topological polar surface area (TPSA) is 37.4 Å². The Hall–Kier alpha value is 0.390. The van der Waals surface area contributed by atoms with Crippen LogP contribution in [0.15, 0.2) is 0 Å². The van der Waals surface area contributed by atoms with Crippen molar-refractivity contribution in [3.8, 4) is 0 Å². The van der Waals surface area contributed by atoms with Gasteiger partial charge in [0, 0.05) is 17.9 Å². The molecule has 0 spiro atoms. The fourth-order valence-corrected chi connectivity index (χ4v) is 4.57. The SMILES string of the molecule is CCCCS(=O)(=O)N1CCC[C@H]1CBr. The number of alkyl halides is 1. The van der Waals surface area contributed by atoms with E-state index in [-0.39, 0.29) is 6.04 Å². The van der Waals surface area contributed by atoms with Gasteiger partial charge in [-0.2, -0.15) is 4.31 Å². The summed E-state index contributed by atoms with van der Waals surface area (Å²) in [6, 6.07) is 0.192. The van der Waals surface area contributed by atoms with Gasteiger partial charge in [0.05, 0.1) is 5.75 Å². The van der Waals surface area contributed by atoms with Gasteiger partial charge in [0.25, 0.3) is 0 Å². The Morgan fingerprint density at radius 1 is 1.50 bits per heavy atom. The summed E-state index contributed by atoms with van der Waals surface area (Å²) >= 11 is 3.37. The van der Waals surface area contributed by atoms with Crippen molar-refractivity contribution in [3.05, 3.63) is 0 Å². The summed E-state index contributed by atoms with van der Waals surface area (Å²) in [6.45, 7) is 2.73. The van der Waals surface area contributed by atoms with Crippen LogP contribution in [-0.4, -0.2) is 36.4 Å². The van der Waals surface area contributed by atoms with E-state index >= 15 is 0 Å². The summed E-state index contributed by atoms with van der Waals surface area (Å²) in [4.78, 5) is 0. The molecule has 1 heterocycles. The maximum atomic E-state index is 11.9. The first-order valence-electron chi connectivity index (χ1n) is 5.17. The number of rotatable bonds is 5. The molecule has 1 aliphatic heterocycles. The number of unbranched alkanes of at least 4 members (excludes halogenated alkanes) is 1. The molecule has 0 amide bonds. The molecule has 84 valence electrons. The van der Waals surface area contributed by atoms with Gasteiger partial charge in [0.15, 0.2) is 0 Å². The molecule has 1 rings (SSSR count). The molecule has 1 fully saturated rings. The zero-order valence-corrected chi connectivity index (χ0v) is 11.0. The van der Waals surface area contributed by atoms with Crippen LogP contribution >= 0.6 is 15.9 Å². The lowest BCUT2D eigenvalue weighted by molar-refractivity contribution is 0.412. The summed E-state index contributed by atoms with van der Waals surface area (Å²) in [7, 11) is -2.98. The number of sulfonamides is 1. The first-order chi connectivity index (χ1) is 6.61. The lowest BCUT2D eigenvalue weighted by Crippen LogP contribution is -2.37. The third kappa shape index (κ3) is 2.94. The Morgan fingerprint density at radius 2 is 2.21 bits per heavy atom. The van der Waals surface area contributed by atoms with Gasteiger partial charge in [0.2, 0.25) is 10.0 Å². The monoisotopic (exact) mass is 283 g/mol. The van der Waals surface area contributed by atoms with Gasteiger partial charge < -0.3 is 0 Å². The molecule has 0 aromatic heterocycles. The van der Waals surface area contributed by atoms with Gasteiger partial charge in [-0.05, 0) is 19.3 Å². The predicted octanol–water partition coefficient (Wildman–Crippen LogP) is 1.98. The molecule has 3 nitrogen and oxygen atoms in total.